The highest BCUT2D eigenvalue weighted by molar-refractivity contribution is 5.97. The molecule has 10 heteroatoms. The van der Waals surface area contributed by atoms with Gasteiger partial charge in [0.1, 0.15) is 11.4 Å². The number of benzene rings is 2. The molecule has 6 rings (SSSR count). The first kappa shape index (κ1) is 28.9. The van der Waals surface area contributed by atoms with Crippen LogP contribution in [0.4, 0.5) is 23.1 Å². The van der Waals surface area contributed by atoms with Crippen molar-refractivity contribution in [2.75, 3.05) is 48.9 Å². The fraction of sp³-hybridized carbons (Fsp3) is 0.455. The van der Waals surface area contributed by atoms with Gasteiger partial charge >= 0.3 is 0 Å². The second-order valence-corrected chi connectivity index (χ2v) is 11.8. The number of hydrogen-bond acceptors (Lipinski definition) is 8. The molecule has 1 saturated carbocycles. The van der Waals surface area contributed by atoms with Crippen molar-refractivity contribution in [3.63, 3.8) is 0 Å². The third kappa shape index (κ3) is 6.59. The van der Waals surface area contributed by atoms with Gasteiger partial charge in [-0.1, -0.05) is 43.2 Å². The summed E-state index contributed by atoms with van der Waals surface area (Å²) in [5.74, 6) is 1.69. The molecule has 3 aromatic rings. The van der Waals surface area contributed by atoms with E-state index in [0.717, 1.165) is 56.8 Å². The average molecular weight is 584 g/mol. The standard InChI is InChI=1S/C33H41N7O3/c1-38-28-21-34-33(37-31(28)40(19-16-30(38)41)26-10-6-7-11-26)36-27-13-12-24(20-29(27)43-2)32(42)35-25-14-17-39(18-15-25)22-23-8-4-3-5-9-23/h3-5,8-9,12-13,20-21,25-26H,6-7,10-11,14-19,22H2,1-2H3,(H,35,42)(H,34,36,37). The Morgan fingerprint density at radius 1 is 1.02 bits per heavy atom. The van der Waals surface area contributed by atoms with Crippen LogP contribution in [0, 0.1) is 0 Å². The zero-order valence-electron chi connectivity index (χ0n) is 25.1. The SMILES string of the molecule is COc1cc(C(=O)NC2CCN(Cc3ccccc3)CC2)ccc1Nc1ncc2c(n1)N(C1CCCC1)CCC(=O)N2C. The van der Waals surface area contributed by atoms with Crippen LogP contribution in [0.15, 0.2) is 54.7 Å². The van der Waals surface area contributed by atoms with Gasteiger partial charge in [0.25, 0.3) is 5.91 Å². The molecule has 2 aromatic carbocycles. The lowest BCUT2D eigenvalue weighted by Gasteiger charge is -2.32. The van der Waals surface area contributed by atoms with E-state index in [-0.39, 0.29) is 17.9 Å². The number of fused-ring (bicyclic) bond motifs is 1. The molecule has 3 heterocycles. The molecule has 3 aliphatic rings. The number of methoxy groups -OCH3 is 1. The maximum atomic E-state index is 13.2. The number of likely N-dealkylation sites (tertiary alicyclic amines) is 1. The molecule has 0 unspecified atom stereocenters. The van der Waals surface area contributed by atoms with Crippen LogP contribution >= 0.6 is 0 Å². The molecule has 10 nitrogen and oxygen atoms in total. The number of ether oxygens (including phenoxy) is 1. The second-order valence-electron chi connectivity index (χ2n) is 11.8. The predicted molar refractivity (Wildman–Crippen MR) is 168 cm³/mol. The van der Waals surface area contributed by atoms with E-state index in [0.29, 0.717) is 42.0 Å². The van der Waals surface area contributed by atoms with Crippen LogP contribution in [-0.2, 0) is 11.3 Å². The Kier molecular flexibility index (Phi) is 8.74. The maximum absolute atomic E-state index is 13.2. The number of rotatable bonds is 8. The van der Waals surface area contributed by atoms with Gasteiger partial charge in [0.2, 0.25) is 11.9 Å². The molecule has 226 valence electrons. The van der Waals surface area contributed by atoms with E-state index < -0.39 is 0 Å². The number of anilines is 4. The first-order valence-electron chi connectivity index (χ1n) is 15.4. The fourth-order valence-corrected chi connectivity index (χ4v) is 6.47. The summed E-state index contributed by atoms with van der Waals surface area (Å²) < 4.78 is 5.67. The summed E-state index contributed by atoms with van der Waals surface area (Å²) in [6.45, 7) is 3.49. The molecule has 2 amide bonds. The van der Waals surface area contributed by atoms with Crippen LogP contribution in [0.2, 0.25) is 0 Å². The summed E-state index contributed by atoms with van der Waals surface area (Å²) in [6.07, 6.45) is 8.61. The van der Waals surface area contributed by atoms with Crippen LogP contribution < -0.4 is 25.2 Å². The summed E-state index contributed by atoms with van der Waals surface area (Å²) in [5.41, 5.74) is 3.25. The van der Waals surface area contributed by atoms with Crippen molar-refractivity contribution in [1.29, 1.82) is 0 Å². The van der Waals surface area contributed by atoms with Crippen molar-refractivity contribution in [3.05, 3.63) is 65.9 Å². The predicted octanol–water partition coefficient (Wildman–Crippen LogP) is 4.74. The molecule has 0 atom stereocenters. The highest BCUT2D eigenvalue weighted by Crippen LogP contribution is 2.37. The number of nitrogens with zero attached hydrogens (tertiary/aromatic N) is 5. The summed E-state index contributed by atoms with van der Waals surface area (Å²) in [6, 6.07) is 16.4. The fourth-order valence-electron chi connectivity index (χ4n) is 6.47. The van der Waals surface area contributed by atoms with Crippen LogP contribution in [-0.4, -0.2) is 72.6 Å². The summed E-state index contributed by atoms with van der Waals surface area (Å²) in [7, 11) is 3.38. The lowest BCUT2D eigenvalue weighted by atomic mass is 10.0. The van der Waals surface area contributed by atoms with Crippen molar-refractivity contribution >= 4 is 35.0 Å². The topological polar surface area (TPSA) is 103 Å². The molecule has 43 heavy (non-hydrogen) atoms. The smallest absolute Gasteiger partial charge is 0.251 e. The van der Waals surface area contributed by atoms with Crippen molar-refractivity contribution < 1.29 is 14.3 Å². The molecular formula is C33H41N7O3. The third-order valence-corrected chi connectivity index (χ3v) is 8.97. The second kappa shape index (κ2) is 13.0. The van der Waals surface area contributed by atoms with Crippen molar-refractivity contribution in [1.82, 2.24) is 20.2 Å². The summed E-state index contributed by atoms with van der Waals surface area (Å²) in [4.78, 5) is 41.7. The van der Waals surface area contributed by atoms with Crippen LogP contribution in [0.5, 0.6) is 5.75 Å². The molecular weight excluding hydrogens is 542 g/mol. The van der Waals surface area contributed by atoms with E-state index >= 15 is 0 Å². The van der Waals surface area contributed by atoms with Gasteiger partial charge in [-0.25, -0.2) is 4.98 Å². The number of piperidine rings is 1. The van der Waals surface area contributed by atoms with Crippen LogP contribution in [0.25, 0.3) is 0 Å². The highest BCUT2D eigenvalue weighted by atomic mass is 16.5. The molecule has 1 saturated heterocycles. The van der Waals surface area contributed by atoms with Crippen molar-refractivity contribution in [2.24, 2.45) is 0 Å². The van der Waals surface area contributed by atoms with Gasteiger partial charge in [-0.2, -0.15) is 4.98 Å². The van der Waals surface area contributed by atoms with Crippen molar-refractivity contribution in [3.8, 4) is 5.75 Å². The molecule has 0 radical (unpaired) electrons. The summed E-state index contributed by atoms with van der Waals surface area (Å²) >= 11 is 0. The Hall–Kier alpha value is -4.18. The number of hydrogen-bond donors (Lipinski definition) is 2. The first-order valence-corrected chi connectivity index (χ1v) is 15.4. The van der Waals surface area contributed by atoms with Gasteiger partial charge in [-0.15, -0.1) is 0 Å². The van der Waals surface area contributed by atoms with E-state index in [9.17, 15) is 9.59 Å². The average Bonchev–Trinajstić information content (AvgIpc) is 3.53. The minimum absolute atomic E-state index is 0.0688. The molecule has 1 aromatic heterocycles. The maximum Gasteiger partial charge on any atom is 0.251 e. The summed E-state index contributed by atoms with van der Waals surface area (Å²) in [5, 5.41) is 6.50. The Morgan fingerprint density at radius 2 is 1.79 bits per heavy atom. The van der Waals surface area contributed by atoms with Gasteiger partial charge in [-0.3, -0.25) is 14.5 Å². The first-order chi connectivity index (χ1) is 21.0. The molecule has 2 fully saturated rings. The van der Waals surface area contributed by atoms with Gasteiger partial charge < -0.3 is 25.2 Å². The van der Waals surface area contributed by atoms with E-state index in [1.165, 1.54) is 18.4 Å². The number of carbonyl (C=O) groups excluding carboxylic acids is 2. The molecule has 0 spiro atoms. The van der Waals surface area contributed by atoms with E-state index in [1.54, 1.807) is 37.4 Å². The highest BCUT2D eigenvalue weighted by Gasteiger charge is 2.32. The van der Waals surface area contributed by atoms with E-state index in [2.05, 4.69) is 49.7 Å². The Labute approximate surface area is 253 Å². The lowest BCUT2D eigenvalue weighted by molar-refractivity contribution is -0.118. The number of aromatic nitrogens is 2. The molecule has 2 N–H and O–H groups in total. The molecule has 0 bridgehead atoms. The van der Waals surface area contributed by atoms with Gasteiger partial charge in [-0.05, 0) is 49.4 Å². The monoisotopic (exact) mass is 583 g/mol. The Balaban J connectivity index is 1.12. The largest absolute Gasteiger partial charge is 0.495 e. The Morgan fingerprint density at radius 3 is 2.53 bits per heavy atom. The zero-order valence-corrected chi connectivity index (χ0v) is 25.1. The van der Waals surface area contributed by atoms with E-state index in [4.69, 9.17) is 9.72 Å². The number of amides is 2. The van der Waals surface area contributed by atoms with Gasteiger partial charge in [0.05, 0.1) is 19.0 Å². The quantitative estimate of drug-likeness (QED) is 0.392. The number of carbonyl (C=O) groups is 2. The number of nitrogens with one attached hydrogen (secondary N) is 2. The van der Waals surface area contributed by atoms with Gasteiger partial charge in [0, 0.05) is 57.3 Å². The van der Waals surface area contributed by atoms with E-state index in [1.807, 2.05) is 12.1 Å². The van der Waals surface area contributed by atoms with Crippen LogP contribution in [0.1, 0.15) is 60.9 Å². The van der Waals surface area contributed by atoms with Gasteiger partial charge in [0.15, 0.2) is 5.82 Å². The third-order valence-electron chi connectivity index (χ3n) is 8.97. The minimum Gasteiger partial charge on any atom is -0.495 e. The molecule has 2 aliphatic heterocycles. The Bertz CT molecular complexity index is 1440. The minimum atomic E-state index is -0.104. The zero-order chi connectivity index (χ0) is 29.8. The lowest BCUT2D eigenvalue weighted by Crippen LogP contribution is -2.44. The molecule has 1 aliphatic carbocycles. The van der Waals surface area contributed by atoms with Crippen LogP contribution in [0.3, 0.4) is 0 Å². The van der Waals surface area contributed by atoms with Crippen molar-refractivity contribution in [2.45, 2.75) is 63.6 Å². The normalized spacial score (nSPS) is 18.3.